The van der Waals surface area contributed by atoms with Crippen LogP contribution >= 0.6 is 11.3 Å². The van der Waals surface area contributed by atoms with Crippen molar-refractivity contribution in [3.63, 3.8) is 0 Å². The van der Waals surface area contributed by atoms with Gasteiger partial charge in [0.25, 0.3) is 5.91 Å². The molecule has 1 unspecified atom stereocenters. The van der Waals surface area contributed by atoms with Crippen LogP contribution in [0.4, 0.5) is 0 Å². The molecule has 0 spiro atoms. The molecule has 0 bridgehead atoms. The highest BCUT2D eigenvalue weighted by Gasteiger charge is 2.49. The third-order valence-electron chi connectivity index (χ3n) is 4.50. The molecule has 2 fully saturated rings. The molecule has 1 atom stereocenters. The zero-order valence-electron chi connectivity index (χ0n) is 13.1. The molecule has 1 aromatic heterocycles. The van der Waals surface area contributed by atoms with Crippen molar-refractivity contribution in [1.29, 1.82) is 0 Å². The smallest absolute Gasteiger partial charge is 0.265 e. The molecule has 116 valence electrons. The topological polar surface area (TPSA) is 53.4 Å². The first kappa shape index (κ1) is 15.0. The van der Waals surface area contributed by atoms with Gasteiger partial charge < -0.3 is 10.0 Å². The van der Waals surface area contributed by atoms with Gasteiger partial charge in [-0.3, -0.25) is 4.79 Å². The molecular formula is C16H24N2O2S. The number of thiazole rings is 1. The molecule has 1 aliphatic heterocycles. The fourth-order valence-corrected chi connectivity index (χ4v) is 4.16. The Labute approximate surface area is 130 Å². The van der Waals surface area contributed by atoms with Gasteiger partial charge in [-0.1, -0.05) is 13.8 Å². The van der Waals surface area contributed by atoms with Crippen LogP contribution in [-0.2, 0) is 6.42 Å². The van der Waals surface area contributed by atoms with Crippen LogP contribution in [0.15, 0.2) is 0 Å². The fraction of sp³-hybridized carbons (Fsp3) is 0.750. The molecule has 4 nitrogen and oxygen atoms in total. The molecule has 0 aromatic carbocycles. The predicted octanol–water partition coefficient (Wildman–Crippen LogP) is 2.64. The molecule has 21 heavy (non-hydrogen) atoms. The average molecular weight is 308 g/mol. The molecule has 1 aliphatic carbocycles. The number of aryl methyl sites for hydroxylation is 1. The minimum Gasteiger partial charge on any atom is -0.388 e. The van der Waals surface area contributed by atoms with E-state index in [0.717, 1.165) is 41.3 Å². The standard InChI is InChI=1S/C16H24N2O2S/c1-10(2)8-13-14(21-11(3)17-13)15(19)18-7-6-16(20,9-18)12-4-5-12/h10,12,20H,4-9H2,1-3H3. The first-order valence-electron chi connectivity index (χ1n) is 7.87. The van der Waals surface area contributed by atoms with Crippen molar-refractivity contribution in [2.75, 3.05) is 13.1 Å². The van der Waals surface area contributed by atoms with Crippen LogP contribution in [-0.4, -0.2) is 39.6 Å². The molecule has 1 saturated carbocycles. The van der Waals surface area contributed by atoms with Crippen molar-refractivity contribution in [3.8, 4) is 0 Å². The summed E-state index contributed by atoms with van der Waals surface area (Å²) in [6.07, 6.45) is 3.78. The van der Waals surface area contributed by atoms with E-state index in [1.165, 1.54) is 11.3 Å². The molecule has 0 radical (unpaired) electrons. The van der Waals surface area contributed by atoms with E-state index in [1.54, 1.807) is 0 Å². The van der Waals surface area contributed by atoms with E-state index in [9.17, 15) is 9.90 Å². The number of aromatic nitrogens is 1. The number of amides is 1. The van der Waals surface area contributed by atoms with E-state index < -0.39 is 5.60 Å². The first-order chi connectivity index (χ1) is 9.89. The first-order valence-corrected chi connectivity index (χ1v) is 8.68. The van der Waals surface area contributed by atoms with E-state index in [4.69, 9.17) is 0 Å². The zero-order chi connectivity index (χ0) is 15.2. The summed E-state index contributed by atoms with van der Waals surface area (Å²) in [5, 5.41) is 11.6. The van der Waals surface area contributed by atoms with Crippen molar-refractivity contribution >= 4 is 17.2 Å². The van der Waals surface area contributed by atoms with Gasteiger partial charge in [-0.2, -0.15) is 0 Å². The molecular weight excluding hydrogens is 284 g/mol. The number of carbonyl (C=O) groups excluding carboxylic acids is 1. The number of nitrogens with zero attached hydrogens (tertiary/aromatic N) is 2. The largest absolute Gasteiger partial charge is 0.388 e. The van der Waals surface area contributed by atoms with E-state index in [2.05, 4.69) is 18.8 Å². The average Bonchev–Trinajstić information content (AvgIpc) is 3.10. The Bertz CT molecular complexity index is 550. The van der Waals surface area contributed by atoms with Crippen molar-refractivity contribution < 1.29 is 9.90 Å². The summed E-state index contributed by atoms with van der Waals surface area (Å²) in [5.41, 5.74) is 0.299. The lowest BCUT2D eigenvalue weighted by Crippen LogP contribution is -2.37. The van der Waals surface area contributed by atoms with E-state index in [0.29, 0.717) is 24.9 Å². The van der Waals surface area contributed by atoms with E-state index in [-0.39, 0.29) is 5.91 Å². The molecule has 2 aliphatic rings. The number of carbonyl (C=O) groups is 1. The summed E-state index contributed by atoms with van der Waals surface area (Å²) in [6.45, 7) is 7.41. The SMILES string of the molecule is Cc1nc(CC(C)C)c(C(=O)N2CCC(O)(C3CC3)C2)s1. The summed E-state index contributed by atoms with van der Waals surface area (Å²) in [5.74, 6) is 0.960. The lowest BCUT2D eigenvalue weighted by Gasteiger charge is -2.23. The molecule has 3 rings (SSSR count). The third kappa shape index (κ3) is 2.99. The van der Waals surface area contributed by atoms with Crippen LogP contribution in [0.2, 0.25) is 0 Å². The minimum atomic E-state index is -0.631. The predicted molar refractivity (Wildman–Crippen MR) is 83.6 cm³/mol. The lowest BCUT2D eigenvalue weighted by atomic mass is 9.97. The van der Waals surface area contributed by atoms with Gasteiger partial charge in [0.05, 0.1) is 22.8 Å². The number of aliphatic hydroxyl groups is 1. The monoisotopic (exact) mass is 308 g/mol. The van der Waals surface area contributed by atoms with Crippen molar-refractivity contribution in [1.82, 2.24) is 9.88 Å². The Kier molecular flexibility index (Phi) is 3.82. The van der Waals surface area contributed by atoms with Gasteiger partial charge in [-0.25, -0.2) is 4.98 Å². The summed E-state index contributed by atoms with van der Waals surface area (Å²) in [6, 6.07) is 0. The molecule has 2 heterocycles. The summed E-state index contributed by atoms with van der Waals surface area (Å²) < 4.78 is 0. The van der Waals surface area contributed by atoms with E-state index >= 15 is 0 Å². The van der Waals surface area contributed by atoms with Crippen LogP contribution in [0.1, 0.15) is 53.5 Å². The molecule has 1 N–H and O–H groups in total. The lowest BCUT2D eigenvalue weighted by molar-refractivity contribution is 0.0257. The van der Waals surface area contributed by atoms with Gasteiger partial charge in [-0.15, -0.1) is 11.3 Å². The minimum absolute atomic E-state index is 0.0628. The van der Waals surface area contributed by atoms with Gasteiger partial charge in [0.1, 0.15) is 4.88 Å². The normalized spacial score (nSPS) is 25.9. The van der Waals surface area contributed by atoms with Crippen molar-refractivity contribution in [3.05, 3.63) is 15.6 Å². The molecule has 5 heteroatoms. The van der Waals surface area contributed by atoms with Crippen molar-refractivity contribution in [2.24, 2.45) is 11.8 Å². The maximum absolute atomic E-state index is 12.8. The van der Waals surface area contributed by atoms with Gasteiger partial charge in [-0.05, 0) is 44.4 Å². The third-order valence-corrected chi connectivity index (χ3v) is 5.50. The summed E-state index contributed by atoms with van der Waals surface area (Å²) >= 11 is 1.49. The van der Waals surface area contributed by atoms with E-state index in [1.807, 2.05) is 11.8 Å². The highest BCUT2D eigenvalue weighted by molar-refractivity contribution is 7.13. The second-order valence-corrected chi connectivity index (χ2v) is 8.16. The summed E-state index contributed by atoms with van der Waals surface area (Å²) in [4.78, 5) is 19.9. The van der Waals surface area contributed by atoms with Gasteiger partial charge in [0.15, 0.2) is 0 Å². The fourth-order valence-electron chi connectivity index (χ4n) is 3.25. The van der Waals surface area contributed by atoms with Gasteiger partial charge in [0, 0.05) is 6.54 Å². The Balaban J connectivity index is 1.76. The maximum Gasteiger partial charge on any atom is 0.265 e. The molecule has 1 amide bonds. The van der Waals surface area contributed by atoms with Crippen molar-refractivity contribution in [2.45, 2.75) is 52.1 Å². The Morgan fingerprint density at radius 2 is 2.24 bits per heavy atom. The van der Waals surface area contributed by atoms with Crippen LogP contribution in [0, 0.1) is 18.8 Å². The second kappa shape index (κ2) is 5.36. The maximum atomic E-state index is 12.8. The number of hydrogen-bond donors (Lipinski definition) is 1. The zero-order valence-corrected chi connectivity index (χ0v) is 13.9. The van der Waals surface area contributed by atoms with Crippen LogP contribution in [0.5, 0.6) is 0 Å². The van der Waals surface area contributed by atoms with Gasteiger partial charge >= 0.3 is 0 Å². The quantitative estimate of drug-likeness (QED) is 0.930. The number of likely N-dealkylation sites (tertiary alicyclic amines) is 1. The number of β-amino-alcohol motifs (C(OH)–C–C–N with tert-alkyl or cyclic N) is 1. The Hall–Kier alpha value is -0.940. The van der Waals surface area contributed by atoms with Gasteiger partial charge in [0.2, 0.25) is 0 Å². The Morgan fingerprint density at radius 3 is 2.86 bits per heavy atom. The Morgan fingerprint density at radius 1 is 1.52 bits per heavy atom. The second-order valence-electron chi connectivity index (χ2n) is 6.96. The number of hydrogen-bond acceptors (Lipinski definition) is 4. The molecule has 1 saturated heterocycles. The molecule has 1 aromatic rings. The highest BCUT2D eigenvalue weighted by atomic mass is 32.1. The summed E-state index contributed by atoms with van der Waals surface area (Å²) in [7, 11) is 0. The van der Waals surface area contributed by atoms with Crippen LogP contribution < -0.4 is 0 Å². The van der Waals surface area contributed by atoms with Crippen LogP contribution in [0.25, 0.3) is 0 Å². The van der Waals surface area contributed by atoms with Crippen LogP contribution in [0.3, 0.4) is 0 Å². The highest BCUT2D eigenvalue weighted by Crippen LogP contribution is 2.44. The number of rotatable bonds is 4.